The summed E-state index contributed by atoms with van der Waals surface area (Å²) in [5, 5.41) is 3.98. The molecule has 0 spiro atoms. The third kappa shape index (κ3) is 6.30. The average molecular weight is 340 g/mol. The van der Waals surface area contributed by atoms with Crippen molar-refractivity contribution in [1.82, 2.24) is 5.43 Å². The van der Waals surface area contributed by atoms with Gasteiger partial charge in [0.1, 0.15) is 11.5 Å². The van der Waals surface area contributed by atoms with Gasteiger partial charge in [-0.3, -0.25) is 4.79 Å². The highest BCUT2D eigenvalue weighted by Gasteiger charge is 2.04. The fourth-order valence-electron chi connectivity index (χ4n) is 2.19. The summed E-state index contributed by atoms with van der Waals surface area (Å²) in [6.07, 6.45) is 5.02. The van der Waals surface area contributed by atoms with Crippen LogP contribution in [-0.4, -0.2) is 25.8 Å². The van der Waals surface area contributed by atoms with Gasteiger partial charge in [0.2, 0.25) is 0 Å². The van der Waals surface area contributed by atoms with E-state index in [2.05, 4.69) is 17.5 Å². The maximum absolute atomic E-state index is 12.0. The normalized spacial score (nSPS) is 10.6. The number of carbonyl (C=O) groups excluding carboxylic acids is 1. The second-order valence-corrected chi connectivity index (χ2v) is 5.56. The molecule has 0 aliphatic carbocycles. The zero-order valence-corrected chi connectivity index (χ0v) is 14.7. The molecule has 0 fully saturated rings. The maximum Gasteiger partial charge on any atom is 0.271 e. The van der Waals surface area contributed by atoms with Crippen molar-refractivity contribution < 1.29 is 14.3 Å². The molecule has 1 N–H and O–H groups in total. The summed E-state index contributed by atoms with van der Waals surface area (Å²) in [5.41, 5.74) is 3.88. The molecule has 0 unspecified atom stereocenters. The van der Waals surface area contributed by atoms with Crippen LogP contribution in [0.1, 0.15) is 42.1 Å². The van der Waals surface area contributed by atoms with E-state index >= 15 is 0 Å². The number of nitrogens with zero attached hydrogens (tertiary/aromatic N) is 1. The lowest BCUT2D eigenvalue weighted by Gasteiger charge is -2.05. The number of hydrogen-bond acceptors (Lipinski definition) is 4. The van der Waals surface area contributed by atoms with Crippen LogP contribution < -0.4 is 14.9 Å². The van der Waals surface area contributed by atoms with Crippen molar-refractivity contribution in [3.8, 4) is 11.5 Å². The minimum absolute atomic E-state index is 0.286. The van der Waals surface area contributed by atoms with Crippen LogP contribution >= 0.6 is 0 Å². The molecule has 2 rings (SSSR count). The molecule has 2 aromatic rings. The van der Waals surface area contributed by atoms with Crippen LogP contribution in [0.2, 0.25) is 0 Å². The number of hydrazone groups is 1. The quantitative estimate of drug-likeness (QED) is 0.426. The van der Waals surface area contributed by atoms with Gasteiger partial charge >= 0.3 is 0 Å². The van der Waals surface area contributed by atoms with Gasteiger partial charge in [0.15, 0.2) is 0 Å². The summed E-state index contributed by atoms with van der Waals surface area (Å²) in [6, 6.07) is 14.5. The molecule has 1 amide bonds. The van der Waals surface area contributed by atoms with E-state index in [0.717, 1.165) is 24.3 Å². The van der Waals surface area contributed by atoms with E-state index in [-0.39, 0.29) is 5.91 Å². The predicted molar refractivity (Wildman–Crippen MR) is 99.5 cm³/mol. The smallest absolute Gasteiger partial charge is 0.271 e. The first-order valence-electron chi connectivity index (χ1n) is 8.43. The Bertz CT molecular complexity index is 696. The van der Waals surface area contributed by atoms with Gasteiger partial charge in [-0.1, -0.05) is 25.8 Å². The van der Waals surface area contributed by atoms with Gasteiger partial charge < -0.3 is 9.47 Å². The van der Waals surface area contributed by atoms with Crippen LogP contribution in [0.3, 0.4) is 0 Å². The fraction of sp³-hybridized carbons (Fsp3) is 0.300. The molecule has 132 valence electrons. The van der Waals surface area contributed by atoms with Crippen molar-refractivity contribution in [1.29, 1.82) is 0 Å². The fourth-order valence-corrected chi connectivity index (χ4v) is 2.19. The summed E-state index contributed by atoms with van der Waals surface area (Å²) in [7, 11) is 1.56. The zero-order chi connectivity index (χ0) is 17.9. The minimum atomic E-state index is -0.286. The van der Waals surface area contributed by atoms with Crippen LogP contribution in [-0.2, 0) is 0 Å². The Labute approximate surface area is 148 Å². The molecule has 0 bridgehead atoms. The molecular weight excluding hydrogens is 316 g/mol. The van der Waals surface area contributed by atoms with Crippen molar-refractivity contribution in [2.75, 3.05) is 13.7 Å². The van der Waals surface area contributed by atoms with E-state index in [1.165, 1.54) is 12.8 Å². The molecule has 0 aromatic heterocycles. The van der Waals surface area contributed by atoms with Crippen LogP contribution in [0.4, 0.5) is 0 Å². The predicted octanol–water partition coefficient (Wildman–Crippen LogP) is 4.03. The Morgan fingerprint density at radius 1 is 1.12 bits per heavy atom. The van der Waals surface area contributed by atoms with Gasteiger partial charge in [0.25, 0.3) is 5.91 Å². The number of rotatable bonds is 9. The second kappa shape index (κ2) is 10.1. The average Bonchev–Trinajstić information content (AvgIpc) is 2.66. The molecule has 5 heteroatoms. The Morgan fingerprint density at radius 2 is 1.92 bits per heavy atom. The topological polar surface area (TPSA) is 59.9 Å². The van der Waals surface area contributed by atoms with Crippen LogP contribution in [0, 0.1) is 0 Å². The number of unbranched alkanes of at least 4 members (excludes halogenated alkanes) is 2. The van der Waals surface area contributed by atoms with Gasteiger partial charge in [0, 0.05) is 5.56 Å². The van der Waals surface area contributed by atoms with E-state index < -0.39 is 0 Å². The monoisotopic (exact) mass is 340 g/mol. The molecule has 0 atom stereocenters. The van der Waals surface area contributed by atoms with Crippen LogP contribution in [0.15, 0.2) is 53.6 Å². The highest BCUT2D eigenvalue weighted by Crippen LogP contribution is 2.13. The van der Waals surface area contributed by atoms with Gasteiger partial charge in [0.05, 0.1) is 19.9 Å². The van der Waals surface area contributed by atoms with Crippen molar-refractivity contribution in [3.05, 3.63) is 59.7 Å². The maximum atomic E-state index is 12.0. The lowest BCUT2D eigenvalue weighted by Crippen LogP contribution is -2.17. The van der Waals surface area contributed by atoms with E-state index in [4.69, 9.17) is 9.47 Å². The van der Waals surface area contributed by atoms with Gasteiger partial charge in [-0.05, 0) is 54.4 Å². The van der Waals surface area contributed by atoms with E-state index in [0.29, 0.717) is 11.3 Å². The van der Waals surface area contributed by atoms with Crippen molar-refractivity contribution in [3.63, 3.8) is 0 Å². The molecule has 5 nitrogen and oxygen atoms in total. The molecule has 0 heterocycles. The first kappa shape index (κ1) is 18.5. The van der Waals surface area contributed by atoms with Crippen LogP contribution in [0.25, 0.3) is 0 Å². The van der Waals surface area contributed by atoms with E-state index in [1.807, 2.05) is 24.3 Å². The molecule has 25 heavy (non-hydrogen) atoms. The van der Waals surface area contributed by atoms with Gasteiger partial charge in [-0.15, -0.1) is 0 Å². The second-order valence-electron chi connectivity index (χ2n) is 5.56. The summed E-state index contributed by atoms with van der Waals surface area (Å²) in [6.45, 7) is 2.90. The van der Waals surface area contributed by atoms with Crippen molar-refractivity contribution >= 4 is 12.1 Å². The molecular formula is C20H24N2O3. The Morgan fingerprint density at radius 3 is 2.64 bits per heavy atom. The number of methoxy groups -OCH3 is 1. The third-order valence-electron chi connectivity index (χ3n) is 3.61. The number of hydrogen-bond donors (Lipinski definition) is 1. The van der Waals surface area contributed by atoms with E-state index in [1.54, 1.807) is 37.6 Å². The molecule has 0 radical (unpaired) electrons. The minimum Gasteiger partial charge on any atom is -0.497 e. The molecule has 0 saturated heterocycles. The van der Waals surface area contributed by atoms with Crippen molar-refractivity contribution in [2.45, 2.75) is 26.2 Å². The Hall–Kier alpha value is -2.82. The molecule has 0 saturated carbocycles. The Balaban J connectivity index is 1.83. The number of ether oxygens (including phenoxy) is 2. The van der Waals surface area contributed by atoms with Gasteiger partial charge in [-0.25, -0.2) is 5.43 Å². The standard InChI is InChI=1S/C20H24N2O3/c1-3-4-5-13-25-18-11-9-16(10-12-18)15-21-22-20(23)17-7-6-8-19(14-17)24-2/h6-12,14-15H,3-5,13H2,1-2H3,(H,22,23)/b21-15+. The van der Waals surface area contributed by atoms with E-state index in [9.17, 15) is 4.79 Å². The first-order valence-corrected chi connectivity index (χ1v) is 8.43. The SMILES string of the molecule is CCCCCOc1ccc(/C=N/NC(=O)c2cccc(OC)c2)cc1. The largest absolute Gasteiger partial charge is 0.497 e. The first-order chi connectivity index (χ1) is 12.2. The third-order valence-corrected chi connectivity index (χ3v) is 3.61. The summed E-state index contributed by atoms with van der Waals surface area (Å²) in [5.74, 6) is 1.19. The summed E-state index contributed by atoms with van der Waals surface area (Å²) in [4.78, 5) is 12.0. The zero-order valence-electron chi connectivity index (χ0n) is 14.7. The Kier molecular flexibility index (Phi) is 7.50. The molecule has 0 aliphatic heterocycles. The number of nitrogens with one attached hydrogen (secondary N) is 1. The lowest BCUT2D eigenvalue weighted by molar-refractivity contribution is 0.0955. The highest BCUT2D eigenvalue weighted by atomic mass is 16.5. The summed E-state index contributed by atoms with van der Waals surface area (Å²) >= 11 is 0. The highest BCUT2D eigenvalue weighted by molar-refractivity contribution is 5.95. The number of carbonyl (C=O) groups is 1. The van der Waals surface area contributed by atoms with Crippen molar-refractivity contribution in [2.24, 2.45) is 5.10 Å². The molecule has 0 aliphatic rings. The number of benzene rings is 2. The van der Waals surface area contributed by atoms with Crippen LogP contribution in [0.5, 0.6) is 11.5 Å². The lowest BCUT2D eigenvalue weighted by atomic mass is 10.2. The summed E-state index contributed by atoms with van der Waals surface area (Å²) < 4.78 is 10.8. The molecule has 2 aromatic carbocycles. The van der Waals surface area contributed by atoms with Gasteiger partial charge in [-0.2, -0.15) is 5.10 Å². The number of amides is 1.